The number of aromatic hydroxyl groups is 1. The maximum absolute atomic E-state index is 16.9. The number of aromatic nitrogens is 2. The quantitative estimate of drug-likeness (QED) is 0.300. The number of halogens is 2. The zero-order valence-corrected chi connectivity index (χ0v) is 24.4. The van der Waals surface area contributed by atoms with E-state index < -0.39 is 11.6 Å². The number of likely N-dealkylation sites (N-methyl/N-ethyl adjacent to an activating group) is 1. The maximum Gasteiger partial charge on any atom is 0.217 e. The van der Waals surface area contributed by atoms with Gasteiger partial charge in [0, 0.05) is 65.2 Å². The summed E-state index contributed by atoms with van der Waals surface area (Å²) in [7, 11) is 2.04. The van der Waals surface area contributed by atoms with Gasteiger partial charge in [0.25, 0.3) is 0 Å². The minimum Gasteiger partial charge on any atom is -0.508 e. The molecule has 0 radical (unpaired) electrons. The molecule has 8 heteroatoms. The van der Waals surface area contributed by atoms with E-state index in [-0.39, 0.29) is 28.7 Å². The molecule has 8 rings (SSSR count). The second-order valence-corrected chi connectivity index (χ2v) is 13.1. The number of nitrogens with zero attached hydrogens (tertiary/aromatic N) is 4. The summed E-state index contributed by atoms with van der Waals surface area (Å²) in [6.45, 7) is 4.57. The Balaban J connectivity index is 1.29. The molecule has 4 saturated heterocycles. The molecule has 220 valence electrons. The van der Waals surface area contributed by atoms with Crippen LogP contribution < -0.4 is 4.74 Å². The molecule has 2 aromatic heterocycles. The molecule has 2 aromatic carbocycles. The van der Waals surface area contributed by atoms with Crippen LogP contribution in [-0.4, -0.2) is 69.7 Å². The molecule has 1 N–H and O–H groups in total. The normalized spacial score (nSPS) is 25.4. The number of hydrogen-bond acceptors (Lipinski definition) is 6. The average Bonchev–Trinajstić information content (AvgIpc) is 3.53. The Morgan fingerprint density at radius 1 is 1.09 bits per heavy atom. The van der Waals surface area contributed by atoms with Gasteiger partial charge < -0.3 is 9.84 Å². The number of fused-ring (bicyclic) bond motifs is 3. The van der Waals surface area contributed by atoms with Crippen molar-refractivity contribution in [3.05, 3.63) is 58.9 Å². The van der Waals surface area contributed by atoms with Crippen LogP contribution in [0, 0.1) is 42.7 Å². The Kier molecular flexibility index (Phi) is 6.15. The standard InChI is InChI=1S/C35H34F2N4O2/c1-4-26-29(36)8-5-19-11-24(42)13-27(32(19)26)34-33(37)31-18(2)35(43-25-16-40(3)17-25)39-30(28(31)14-38-34)12-20-9-22-6-7-23-10-21(20)15-41(22)23/h1,5,8,11,13-14,20-23,25,42H,6-7,9-10,12,15-17H2,2-3H3. The largest absolute Gasteiger partial charge is 0.508 e. The molecule has 6 heterocycles. The van der Waals surface area contributed by atoms with Crippen molar-refractivity contribution in [2.75, 3.05) is 26.7 Å². The van der Waals surface area contributed by atoms with Crippen LogP contribution in [0.3, 0.4) is 0 Å². The molecule has 4 aromatic rings. The van der Waals surface area contributed by atoms with Crippen molar-refractivity contribution in [3.63, 3.8) is 0 Å². The van der Waals surface area contributed by atoms with Crippen LogP contribution >= 0.6 is 0 Å². The first-order valence-electron chi connectivity index (χ1n) is 15.3. The maximum atomic E-state index is 16.9. The first kappa shape index (κ1) is 26.8. The summed E-state index contributed by atoms with van der Waals surface area (Å²) in [4.78, 5) is 14.5. The van der Waals surface area contributed by atoms with E-state index in [9.17, 15) is 9.50 Å². The fraction of sp³-hybridized carbons (Fsp3) is 0.429. The van der Waals surface area contributed by atoms with E-state index in [1.54, 1.807) is 6.20 Å². The molecule has 43 heavy (non-hydrogen) atoms. The number of terminal acetylenes is 1. The Hall–Kier alpha value is -3.80. The van der Waals surface area contributed by atoms with E-state index in [2.05, 4.69) is 20.7 Å². The Morgan fingerprint density at radius 3 is 2.65 bits per heavy atom. The summed E-state index contributed by atoms with van der Waals surface area (Å²) in [5.41, 5.74) is 1.69. The molecular weight excluding hydrogens is 546 g/mol. The van der Waals surface area contributed by atoms with Crippen LogP contribution in [0.1, 0.15) is 42.5 Å². The van der Waals surface area contributed by atoms with Crippen molar-refractivity contribution in [3.8, 4) is 35.2 Å². The van der Waals surface area contributed by atoms with Crippen molar-refractivity contribution >= 4 is 21.5 Å². The van der Waals surface area contributed by atoms with E-state index >= 15 is 4.39 Å². The highest BCUT2D eigenvalue weighted by molar-refractivity contribution is 6.03. The first-order valence-corrected chi connectivity index (χ1v) is 15.3. The summed E-state index contributed by atoms with van der Waals surface area (Å²) >= 11 is 0. The number of ether oxygens (including phenoxy) is 1. The molecule has 4 aliphatic heterocycles. The number of benzene rings is 2. The molecule has 0 saturated carbocycles. The average molecular weight is 581 g/mol. The number of rotatable bonds is 5. The summed E-state index contributed by atoms with van der Waals surface area (Å²) in [6, 6.07) is 7.04. The zero-order valence-electron chi connectivity index (χ0n) is 24.4. The number of likely N-dealkylation sites (tertiary alicyclic amines) is 1. The molecule has 0 amide bonds. The summed E-state index contributed by atoms with van der Waals surface area (Å²) in [5.74, 6) is 2.76. The third-order valence-corrected chi connectivity index (χ3v) is 10.5. The molecule has 4 atom stereocenters. The lowest BCUT2D eigenvalue weighted by molar-refractivity contribution is 0.0350. The molecular formula is C35H34F2N4O2. The van der Waals surface area contributed by atoms with Gasteiger partial charge in [0.05, 0.1) is 11.3 Å². The van der Waals surface area contributed by atoms with Crippen LogP contribution in [0.2, 0.25) is 0 Å². The number of piperidine rings is 1. The molecule has 0 aliphatic carbocycles. The number of phenols is 1. The number of aryl methyl sites for hydroxylation is 1. The number of phenolic OH excluding ortho intramolecular Hbond substituents is 1. The SMILES string of the molecule is C#Cc1c(F)ccc2cc(O)cc(-c3ncc4c(CC5CC6CCC7CC5CN67)nc(OC5CN(C)C5)c(C)c4c3F)c12. The second-order valence-electron chi connectivity index (χ2n) is 13.1. The molecule has 2 bridgehead atoms. The van der Waals surface area contributed by atoms with Gasteiger partial charge in [-0.15, -0.1) is 6.42 Å². The van der Waals surface area contributed by atoms with Gasteiger partial charge in [0.15, 0.2) is 5.82 Å². The molecule has 4 unspecified atom stereocenters. The van der Waals surface area contributed by atoms with Crippen molar-refractivity contribution < 1.29 is 18.6 Å². The van der Waals surface area contributed by atoms with E-state index in [0.29, 0.717) is 56.9 Å². The monoisotopic (exact) mass is 580 g/mol. The smallest absolute Gasteiger partial charge is 0.217 e. The van der Waals surface area contributed by atoms with Crippen molar-refractivity contribution in [2.24, 2.45) is 11.8 Å². The van der Waals surface area contributed by atoms with Crippen LogP contribution in [0.5, 0.6) is 11.6 Å². The minimum absolute atomic E-state index is 0.00384. The van der Waals surface area contributed by atoms with E-state index in [1.807, 2.05) is 14.0 Å². The van der Waals surface area contributed by atoms with E-state index in [4.69, 9.17) is 16.1 Å². The van der Waals surface area contributed by atoms with Gasteiger partial charge in [-0.05, 0) is 81.5 Å². The number of hydrogen-bond donors (Lipinski definition) is 1. The molecule has 6 nitrogen and oxygen atoms in total. The topological polar surface area (TPSA) is 61.7 Å². The van der Waals surface area contributed by atoms with E-state index in [0.717, 1.165) is 38.2 Å². The lowest BCUT2D eigenvalue weighted by Crippen LogP contribution is -2.51. The molecule has 0 spiro atoms. The second kappa shape index (κ2) is 9.87. The third kappa shape index (κ3) is 4.20. The summed E-state index contributed by atoms with van der Waals surface area (Å²) in [6.07, 6.45) is 13.1. The highest BCUT2D eigenvalue weighted by atomic mass is 19.1. The van der Waals surface area contributed by atoms with Crippen LogP contribution in [0.25, 0.3) is 32.8 Å². The Morgan fingerprint density at radius 2 is 1.88 bits per heavy atom. The predicted molar refractivity (Wildman–Crippen MR) is 162 cm³/mol. The number of pyridine rings is 2. The first-order chi connectivity index (χ1) is 20.8. The fourth-order valence-corrected chi connectivity index (χ4v) is 8.43. The van der Waals surface area contributed by atoms with Crippen molar-refractivity contribution in [1.82, 2.24) is 19.8 Å². The highest BCUT2D eigenvalue weighted by Crippen LogP contribution is 2.48. The van der Waals surface area contributed by atoms with Gasteiger partial charge in [0.2, 0.25) is 5.88 Å². The predicted octanol–water partition coefficient (Wildman–Crippen LogP) is 5.83. The van der Waals surface area contributed by atoms with Gasteiger partial charge in [-0.1, -0.05) is 12.0 Å². The third-order valence-electron chi connectivity index (χ3n) is 10.5. The molecule has 4 aliphatic rings. The van der Waals surface area contributed by atoms with Gasteiger partial charge in [-0.25, -0.2) is 13.8 Å². The van der Waals surface area contributed by atoms with Crippen molar-refractivity contribution in [1.29, 1.82) is 0 Å². The van der Waals surface area contributed by atoms with Gasteiger partial charge in [-0.2, -0.15) is 0 Å². The molecule has 4 fully saturated rings. The van der Waals surface area contributed by atoms with Crippen LogP contribution in [0.15, 0.2) is 30.5 Å². The Labute approximate surface area is 249 Å². The van der Waals surface area contributed by atoms with Crippen molar-refractivity contribution in [2.45, 2.75) is 57.2 Å². The van der Waals surface area contributed by atoms with Gasteiger partial charge in [0.1, 0.15) is 23.4 Å². The summed E-state index contributed by atoms with van der Waals surface area (Å²) in [5, 5.41) is 12.5. The van der Waals surface area contributed by atoms with Gasteiger partial charge in [-0.3, -0.25) is 14.8 Å². The highest BCUT2D eigenvalue weighted by Gasteiger charge is 2.48. The summed E-state index contributed by atoms with van der Waals surface area (Å²) < 4.78 is 38.1. The van der Waals surface area contributed by atoms with Crippen LogP contribution in [-0.2, 0) is 6.42 Å². The Bertz CT molecular complexity index is 1840. The van der Waals surface area contributed by atoms with Crippen LogP contribution in [0.4, 0.5) is 8.78 Å². The minimum atomic E-state index is -0.585. The van der Waals surface area contributed by atoms with Gasteiger partial charge >= 0.3 is 0 Å². The lowest BCUT2D eigenvalue weighted by atomic mass is 9.78. The fourth-order valence-electron chi connectivity index (χ4n) is 8.43. The zero-order chi connectivity index (χ0) is 29.6. The lowest BCUT2D eigenvalue weighted by Gasteiger charge is -2.37. The van der Waals surface area contributed by atoms with E-state index in [1.165, 1.54) is 43.5 Å².